The van der Waals surface area contributed by atoms with E-state index in [1.807, 2.05) is 37.3 Å². The summed E-state index contributed by atoms with van der Waals surface area (Å²) in [5.41, 5.74) is 1.95. The van der Waals surface area contributed by atoms with Crippen LogP contribution in [0.5, 0.6) is 11.5 Å². The molecule has 0 unspecified atom stereocenters. The van der Waals surface area contributed by atoms with E-state index in [2.05, 4.69) is 4.90 Å². The first-order valence-corrected chi connectivity index (χ1v) is 10.8. The third-order valence-corrected chi connectivity index (χ3v) is 6.20. The van der Waals surface area contributed by atoms with Crippen molar-refractivity contribution in [2.45, 2.75) is 13.3 Å². The van der Waals surface area contributed by atoms with E-state index in [1.165, 1.54) is 14.2 Å². The second-order valence-corrected chi connectivity index (χ2v) is 8.13. The molecular weight excluding hydrogens is 432 g/mol. The average molecular weight is 457 g/mol. The van der Waals surface area contributed by atoms with Crippen LogP contribution in [0.15, 0.2) is 45.6 Å². The maximum atomic E-state index is 13.0. The fourth-order valence-electron chi connectivity index (χ4n) is 4.10. The number of piperazine rings is 1. The second kappa shape index (κ2) is 9.12. The summed E-state index contributed by atoms with van der Waals surface area (Å²) in [4.78, 5) is 29.7. The molecule has 168 valence electrons. The molecule has 0 N–H and O–H groups in total. The van der Waals surface area contributed by atoms with Crippen LogP contribution in [-0.4, -0.2) is 51.2 Å². The first kappa shape index (κ1) is 22.0. The smallest absolute Gasteiger partial charge is 0.340 e. The Kier molecular flexibility index (Phi) is 6.28. The summed E-state index contributed by atoms with van der Waals surface area (Å²) in [6, 6.07) is 11.3. The number of ether oxygens (including phenoxy) is 2. The first-order valence-electron chi connectivity index (χ1n) is 10.4. The van der Waals surface area contributed by atoms with Gasteiger partial charge in [-0.15, -0.1) is 0 Å². The third-order valence-electron chi connectivity index (χ3n) is 5.95. The molecule has 0 atom stereocenters. The van der Waals surface area contributed by atoms with Gasteiger partial charge in [0.25, 0.3) is 0 Å². The van der Waals surface area contributed by atoms with Crippen LogP contribution < -0.4 is 20.0 Å². The molecule has 1 fully saturated rings. The molecule has 0 spiro atoms. The van der Waals surface area contributed by atoms with Crippen LogP contribution in [0.4, 0.5) is 5.69 Å². The molecule has 0 radical (unpaired) electrons. The zero-order chi connectivity index (χ0) is 22.8. The van der Waals surface area contributed by atoms with Gasteiger partial charge in [0, 0.05) is 42.3 Å². The number of hydrogen-bond acceptors (Lipinski definition) is 6. The molecule has 7 nitrogen and oxygen atoms in total. The van der Waals surface area contributed by atoms with E-state index < -0.39 is 5.63 Å². The monoisotopic (exact) mass is 456 g/mol. The van der Waals surface area contributed by atoms with Crippen LogP contribution in [0.2, 0.25) is 5.02 Å². The largest absolute Gasteiger partial charge is 0.493 e. The zero-order valence-electron chi connectivity index (χ0n) is 18.3. The summed E-state index contributed by atoms with van der Waals surface area (Å²) in [6.07, 6.45) is -0.000599. The minimum absolute atomic E-state index is 0.000599. The second-order valence-electron chi connectivity index (χ2n) is 7.69. The SMILES string of the molecule is COc1ccc2c(C)c(CC(=O)N3CCN(c4ccc(Cl)cc4)CC3)c(=O)oc2c1OC. The molecule has 8 heteroatoms. The molecule has 0 aliphatic carbocycles. The lowest BCUT2D eigenvalue weighted by Crippen LogP contribution is -2.49. The number of anilines is 1. The van der Waals surface area contributed by atoms with Gasteiger partial charge in [-0.05, 0) is 48.9 Å². The number of halogens is 1. The Morgan fingerprint density at radius 2 is 1.72 bits per heavy atom. The van der Waals surface area contributed by atoms with E-state index in [1.54, 1.807) is 11.0 Å². The van der Waals surface area contributed by atoms with Crippen LogP contribution in [0, 0.1) is 6.92 Å². The average Bonchev–Trinajstić information content (AvgIpc) is 2.81. The molecule has 0 bridgehead atoms. The lowest BCUT2D eigenvalue weighted by atomic mass is 10.0. The fraction of sp³-hybridized carbons (Fsp3) is 0.333. The quantitative estimate of drug-likeness (QED) is 0.545. The van der Waals surface area contributed by atoms with Crippen LogP contribution in [-0.2, 0) is 11.2 Å². The molecule has 3 aromatic rings. The Bertz CT molecular complexity index is 1200. The number of methoxy groups -OCH3 is 2. The zero-order valence-corrected chi connectivity index (χ0v) is 19.1. The van der Waals surface area contributed by atoms with Crippen LogP contribution in [0.1, 0.15) is 11.1 Å². The molecule has 1 aliphatic heterocycles. The van der Waals surface area contributed by atoms with Crippen molar-refractivity contribution in [1.82, 2.24) is 4.90 Å². The number of fused-ring (bicyclic) bond motifs is 1. The lowest BCUT2D eigenvalue weighted by Gasteiger charge is -2.36. The number of rotatable bonds is 5. The number of benzene rings is 2. The van der Waals surface area contributed by atoms with Crippen molar-refractivity contribution >= 4 is 34.2 Å². The maximum absolute atomic E-state index is 13.0. The van der Waals surface area contributed by atoms with E-state index in [-0.39, 0.29) is 12.3 Å². The predicted molar refractivity (Wildman–Crippen MR) is 124 cm³/mol. The van der Waals surface area contributed by atoms with E-state index in [4.69, 9.17) is 25.5 Å². The van der Waals surface area contributed by atoms with Crippen molar-refractivity contribution in [1.29, 1.82) is 0 Å². The number of nitrogens with zero attached hydrogens (tertiary/aromatic N) is 2. The van der Waals surface area contributed by atoms with Crippen LogP contribution in [0.25, 0.3) is 11.0 Å². The Morgan fingerprint density at radius 3 is 2.34 bits per heavy atom. The van der Waals surface area contributed by atoms with Crippen molar-refractivity contribution in [3.05, 3.63) is 63.0 Å². The third kappa shape index (κ3) is 4.12. The van der Waals surface area contributed by atoms with Gasteiger partial charge in [0.2, 0.25) is 11.7 Å². The molecule has 4 rings (SSSR count). The van der Waals surface area contributed by atoms with Gasteiger partial charge in [-0.1, -0.05) is 11.6 Å². The Morgan fingerprint density at radius 1 is 1.03 bits per heavy atom. The molecule has 1 amide bonds. The number of carbonyl (C=O) groups excluding carboxylic acids is 1. The predicted octanol–water partition coefficient (Wildman–Crippen LogP) is 3.66. The van der Waals surface area contributed by atoms with Gasteiger partial charge in [-0.2, -0.15) is 0 Å². The highest BCUT2D eigenvalue weighted by Crippen LogP contribution is 2.36. The van der Waals surface area contributed by atoms with Gasteiger partial charge in [-0.3, -0.25) is 4.79 Å². The number of carbonyl (C=O) groups is 1. The standard InChI is InChI=1S/C24H25ClN2O5/c1-15-18-8-9-20(30-2)23(31-3)22(18)32-24(29)19(15)14-21(28)27-12-10-26(11-13-27)17-6-4-16(25)5-7-17/h4-9H,10-14H2,1-3H3. The highest BCUT2D eigenvalue weighted by Gasteiger charge is 2.24. The van der Waals surface area contributed by atoms with Crippen molar-refractivity contribution in [3.63, 3.8) is 0 Å². The summed E-state index contributed by atoms with van der Waals surface area (Å²) in [5, 5.41) is 1.42. The minimum atomic E-state index is -0.533. The lowest BCUT2D eigenvalue weighted by molar-refractivity contribution is -0.130. The highest BCUT2D eigenvalue weighted by molar-refractivity contribution is 6.30. The molecule has 0 saturated carbocycles. The number of amides is 1. The van der Waals surface area contributed by atoms with E-state index in [0.717, 1.165) is 24.2 Å². The van der Waals surface area contributed by atoms with E-state index in [9.17, 15) is 9.59 Å². The van der Waals surface area contributed by atoms with Crippen molar-refractivity contribution in [2.75, 3.05) is 45.3 Å². The molecule has 2 aromatic carbocycles. The summed E-state index contributed by atoms with van der Waals surface area (Å²) in [6.45, 7) is 4.44. The molecule has 32 heavy (non-hydrogen) atoms. The normalized spacial score (nSPS) is 14.0. The number of hydrogen-bond donors (Lipinski definition) is 0. The Labute approximate surface area is 191 Å². The molecule has 1 saturated heterocycles. The summed E-state index contributed by atoms with van der Waals surface area (Å²) in [7, 11) is 3.02. The molecular formula is C24H25ClN2O5. The van der Waals surface area contributed by atoms with Crippen molar-refractivity contribution in [3.8, 4) is 11.5 Å². The molecule has 2 heterocycles. The van der Waals surface area contributed by atoms with Gasteiger partial charge < -0.3 is 23.7 Å². The van der Waals surface area contributed by atoms with E-state index in [0.29, 0.717) is 46.3 Å². The first-order chi connectivity index (χ1) is 15.4. The van der Waals surface area contributed by atoms with Gasteiger partial charge in [0.1, 0.15) is 0 Å². The maximum Gasteiger partial charge on any atom is 0.340 e. The van der Waals surface area contributed by atoms with Crippen LogP contribution >= 0.6 is 11.6 Å². The van der Waals surface area contributed by atoms with Crippen molar-refractivity contribution in [2.24, 2.45) is 0 Å². The molecule has 1 aromatic heterocycles. The summed E-state index contributed by atoms with van der Waals surface area (Å²) >= 11 is 5.97. The van der Waals surface area contributed by atoms with Gasteiger partial charge in [0.15, 0.2) is 11.3 Å². The fourth-order valence-corrected chi connectivity index (χ4v) is 4.22. The Hall–Kier alpha value is -3.19. The van der Waals surface area contributed by atoms with Crippen LogP contribution in [0.3, 0.4) is 0 Å². The van der Waals surface area contributed by atoms with Gasteiger partial charge >= 0.3 is 5.63 Å². The molecule has 1 aliphatic rings. The van der Waals surface area contributed by atoms with Gasteiger partial charge in [-0.25, -0.2) is 4.79 Å². The minimum Gasteiger partial charge on any atom is -0.493 e. The summed E-state index contributed by atoms with van der Waals surface area (Å²) in [5.74, 6) is 0.752. The topological polar surface area (TPSA) is 72.2 Å². The van der Waals surface area contributed by atoms with Crippen molar-refractivity contribution < 1.29 is 18.7 Å². The van der Waals surface area contributed by atoms with Gasteiger partial charge in [0.05, 0.1) is 26.2 Å². The highest BCUT2D eigenvalue weighted by atomic mass is 35.5. The number of aryl methyl sites for hydroxylation is 1. The summed E-state index contributed by atoms with van der Waals surface area (Å²) < 4.78 is 16.2. The van der Waals surface area contributed by atoms with E-state index >= 15 is 0 Å². The Balaban J connectivity index is 1.52.